The fourth-order valence-electron chi connectivity index (χ4n) is 1.89. The first kappa shape index (κ1) is 14.5. The average Bonchev–Trinajstić information content (AvgIpc) is 2.30. The highest BCUT2D eigenvalue weighted by molar-refractivity contribution is 5.76. The Morgan fingerprint density at radius 1 is 1.29 bits per heavy atom. The SMILES string of the molecule is CC(C)C(C)CC(=O)NCCN1CCNCC1. The van der Waals surface area contributed by atoms with Crippen molar-refractivity contribution < 1.29 is 4.79 Å². The molecule has 1 aliphatic rings. The molecular formula is C13H27N3O. The van der Waals surface area contributed by atoms with Crippen LogP contribution in [0.4, 0.5) is 0 Å². The van der Waals surface area contributed by atoms with Crippen molar-refractivity contribution in [3.05, 3.63) is 0 Å². The van der Waals surface area contributed by atoms with E-state index in [2.05, 4.69) is 36.3 Å². The van der Waals surface area contributed by atoms with Gasteiger partial charge in [-0.15, -0.1) is 0 Å². The van der Waals surface area contributed by atoms with Gasteiger partial charge in [-0.3, -0.25) is 9.69 Å². The van der Waals surface area contributed by atoms with Crippen molar-refractivity contribution in [2.75, 3.05) is 39.3 Å². The van der Waals surface area contributed by atoms with Crippen molar-refractivity contribution >= 4 is 5.91 Å². The summed E-state index contributed by atoms with van der Waals surface area (Å²) in [7, 11) is 0. The van der Waals surface area contributed by atoms with Crippen LogP contribution in [0.1, 0.15) is 27.2 Å². The van der Waals surface area contributed by atoms with Gasteiger partial charge in [0.1, 0.15) is 0 Å². The molecule has 100 valence electrons. The van der Waals surface area contributed by atoms with Crippen LogP contribution in [0.2, 0.25) is 0 Å². The van der Waals surface area contributed by atoms with Crippen LogP contribution in [-0.2, 0) is 4.79 Å². The van der Waals surface area contributed by atoms with Crippen LogP contribution in [0, 0.1) is 11.8 Å². The summed E-state index contributed by atoms with van der Waals surface area (Å²) in [5, 5.41) is 6.34. The molecule has 1 aliphatic heterocycles. The van der Waals surface area contributed by atoms with Gasteiger partial charge in [0.25, 0.3) is 0 Å². The van der Waals surface area contributed by atoms with Gasteiger partial charge in [-0.25, -0.2) is 0 Å². The Kier molecular flexibility index (Phi) is 6.52. The second-order valence-electron chi connectivity index (χ2n) is 5.37. The largest absolute Gasteiger partial charge is 0.355 e. The smallest absolute Gasteiger partial charge is 0.220 e. The lowest BCUT2D eigenvalue weighted by Gasteiger charge is -2.27. The fourth-order valence-corrected chi connectivity index (χ4v) is 1.89. The van der Waals surface area contributed by atoms with E-state index in [0.29, 0.717) is 18.3 Å². The third-order valence-electron chi connectivity index (χ3n) is 3.61. The Balaban J connectivity index is 2.07. The zero-order valence-corrected chi connectivity index (χ0v) is 11.5. The van der Waals surface area contributed by atoms with Gasteiger partial charge in [-0.1, -0.05) is 20.8 Å². The Labute approximate surface area is 105 Å². The van der Waals surface area contributed by atoms with E-state index in [9.17, 15) is 4.79 Å². The maximum Gasteiger partial charge on any atom is 0.220 e. The Morgan fingerprint density at radius 3 is 2.53 bits per heavy atom. The highest BCUT2D eigenvalue weighted by Crippen LogP contribution is 2.13. The normalized spacial score (nSPS) is 19.3. The van der Waals surface area contributed by atoms with E-state index in [1.807, 2.05) is 0 Å². The Morgan fingerprint density at radius 2 is 1.94 bits per heavy atom. The van der Waals surface area contributed by atoms with Gasteiger partial charge in [-0.05, 0) is 11.8 Å². The molecule has 1 heterocycles. The standard InChI is InChI=1S/C13H27N3O/c1-11(2)12(3)10-13(17)15-6-9-16-7-4-14-5-8-16/h11-12,14H,4-10H2,1-3H3,(H,15,17). The van der Waals surface area contributed by atoms with Crippen LogP contribution < -0.4 is 10.6 Å². The summed E-state index contributed by atoms with van der Waals surface area (Å²) >= 11 is 0. The minimum atomic E-state index is 0.196. The van der Waals surface area contributed by atoms with Crippen molar-refractivity contribution in [1.82, 2.24) is 15.5 Å². The van der Waals surface area contributed by atoms with E-state index < -0.39 is 0 Å². The van der Waals surface area contributed by atoms with Gasteiger partial charge < -0.3 is 10.6 Å². The average molecular weight is 241 g/mol. The summed E-state index contributed by atoms with van der Waals surface area (Å²) in [6.07, 6.45) is 0.652. The Bertz CT molecular complexity index is 225. The number of piperazine rings is 1. The highest BCUT2D eigenvalue weighted by atomic mass is 16.1. The number of nitrogens with zero attached hydrogens (tertiary/aromatic N) is 1. The van der Waals surface area contributed by atoms with E-state index in [-0.39, 0.29) is 5.91 Å². The molecule has 0 aromatic heterocycles. The first-order chi connectivity index (χ1) is 8.09. The molecule has 0 aromatic carbocycles. The molecule has 0 radical (unpaired) electrons. The van der Waals surface area contributed by atoms with Gasteiger partial charge in [-0.2, -0.15) is 0 Å². The predicted molar refractivity (Wildman–Crippen MR) is 70.9 cm³/mol. The number of hydrogen-bond acceptors (Lipinski definition) is 3. The van der Waals surface area contributed by atoms with Crippen molar-refractivity contribution in [3.63, 3.8) is 0 Å². The number of rotatable bonds is 6. The molecule has 0 saturated carbocycles. The van der Waals surface area contributed by atoms with Crippen LogP contribution in [-0.4, -0.2) is 50.1 Å². The van der Waals surface area contributed by atoms with E-state index >= 15 is 0 Å². The third-order valence-corrected chi connectivity index (χ3v) is 3.61. The topological polar surface area (TPSA) is 44.4 Å². The molecule has 0 bridgehead atoms. The fraction of sp³-hybridized carbons (Fsp3) is 0.923. The molecule has 0 aliphatic carbocycles. The lowest BCUT2D eigenvalue weighted by atomic mass is 9.94. The van der Waals surface area contributed by atoms with Crippen LogP contribution >= 0.6 is 0 Å². The molecule has 1 atom stereocenters. The van der Waals surface area contributed by atoms with Crippen molar-refractivity contribution in [1.29, 1.82) is 0 Å². The first-order valence-electron chi connectivity index (χ1n) is 6.79. The second-order valence-corrected chi connectivity index (χ2v) is 5.37. The van der Waals surface area contributed by atoms with Gasteiger partial charge >= 0.3 is 0 Å². The molecular weight excluding hydrogens is 214 g/mol. The molecule has 4 nitrogen and oxygen atoms in total. The van der Waals surface area contributed by atoms with Crippen molar-refractivity contribution in [3.8, 4) is 0 Å². The second kappa shape index (κ2) is 7.67. The van der Waals surface area contributed by atoms with E-state index in [0.717, 1.165) is 39.3 Å². The monoisotopic (exact) mass is 241 g/mol. The minimum absolute atomic E-state index is 0.196. The zero-order valence-electron chi connectivity index (χ0n) is 11.5. The lowest BCUT2D eigenvalue weighted by Crippen LogP contribution is -2.46. The maximum atomic E-state index is 11.7. The highest BCUT2D eigenvalue weighted by Gasteiger charge is 2.13. The molecule has 1 unspecified atom stereocenters. The quantitative estimate of drug-likeness (QED) is 0.719. The number of carbonyl (C=O) groups is 1. The Hall–Kier alpha value is -0.610. The molecule has 1 fully saturated rings. The van der Waals surface area contributed by atoms with Gasteiger partial charge in [0, 0.05) is 45.7 Å². The molecule has 17 heavy (non-hydrogen) atoms. The summed E-state index contributed by atoms with van der Waals surface area (Å²) in [5.74, 6) is 1.24. The van der Waals surface area contributed by atoms with Gasteiger partial charge in [0.15, 0.2) is 0 Å². The predicted octanol–water partition coefficient (Wildman–Crippen LogP) is 0.690. The summed E-state index contributed by atoms with van der Waals surface area (Å²) in [5.41, 5.74) is 0. The summed E-state index contributed by atoms with van der Waals surface area (Å²) < 4.78 is 0. The summed E-state index contributed by atoms with van der Waals surface area (Å²) in [6.45, 7) is 12.6. The van der Waals surface area contributed by atoms with Crippen LogP contribution in [0.5, 0.6) is 0 Å². The minimum Gasteiger partial charge on any atom is -0.355 e. The van der Waals surface area contributed by atoms with E-state index in [1.54, 1.807) is 0 Å². The third kappa shape index (κ3) is 6.03. The molecule has 0 spiro atoms. The number of nitrogens with one attached hydrogen (secondary N) is 2. The van der Waals surface area contributed by atoms with Crippen LogP contribution in [0.15, 0.2) is 0 Å². The molecule has 2 N–H and O–H groups in total. The molecule has 4 heteroatoms. The molecule has 1 rings (SSSR count). The van der Waals surface area contributed by atoms with E-state index in [1.165, 1.54) is 0 Å². The van der Waals surface area contributed by atoms with Crippen molar-refractivity contribution in [2.24, 2.45) is 11.8 Å². The zero-order chi connectivity index (χ0) is 12.7. The van der Waals surface area contributed by atoms with Crippen LogP contribution in [0.25, 0.3) is 0 Å². The summed E-state index contributed by atoms with van der Waals surface area (Å²) in [6, 6.07) is 0. The van der Waals surface area contributed by atoms with Crippen molar-refractivity contribution in [2.45, 2.75) is 27.2 Å². The number of hydrogen-bond donors (Lipinski definition) is 2. The van der Waals surface area contributed by atoms with E-state index in [4.69, 9.17) is 0 Å². The molecule has 1 amide bonds. The number of amides is 1. The lowest BCUT2D eigenvalue weighted by molar-refractivity contribution is -0.122. The maximum absolute atomic E-state index is 11.7. The first-order valence-corrected chi connectivity index (χ1v) is 6.79. The van der Waals surface area contributed by atoms with Crippen LogP contribution in [0.3, 0.4) is 0 Å². The molecule has 1 saturated heterocycles. The van der Waals surface area contributed by atoms with Gasteiger partial charge in [0.2, 0.25) is 5.91 Å². The number of carbonyl (C=O) groups excluding carboxylic acids is 1. The van der Waals surface area contributed by atoms with Gasteiger partial charge in [0.05, 0.1) is 0 Å². The summed E-state index contributed by atoms with van der Waals surface area (Å²) in [4.78, 5) is 14.0. The molecule has 0 aromatic rings.